The monoisotopic (exact) mass is 242 g/mol. The minimum Gasteiger partial charge on any atom is -0.477 e. The Labute approximate surface area is 99.9 Å². The molecule has 1 aromatic rings. The van der Waals surface area contributed by atoms with Gasteiger partial charge in [-0.25, -0.2) is 9.78 Å². The number of carboxylic acids is 1. The highest BCUT2D eigenvalue weighted by Crippen LogP contribution is 2.25. The van der Waals surface area contributed by atoms with Crippen LogP contribution in [-0.4, -0.2) is 29.7 Å². The van der Waals surface area contributed by atoms with Crippen molar-refractivity contribution in [3.8, 4) is 0 Å². The molecule has 1 rings (SSSR count). The summed E-state index contributed by atoms with van der Waals surface area (Å²) in [6.45, 7) is 4.83. The lowest BCUT2D eigenvalue weighted by Gasteiger charge is -2.14. The quantitative estimate of drug-likeness (QED) is 0.779. The first-order valence-corrected chi connectivity index (χ1v) is 6.29. The van der Waals surface area contributed by atoms with E-state index in [1.807, 2.05) is 11.9 Å². The van der Waals surface area contributed by atoms with Crippen molar-refractivity contribution in [1.29, 1.82) is 0 Å². The first kappa shape index (κ1) is 13.0. The second-order valence-corrected chi connectivity index (χ2v) is 4.82. The van der Waals surface area contributed by atoms with Crippen LogP contribution in [-0.2, 0) is 0 Å². The minimum absolute atomic E-state index is 0.345. The van der Waals surface area contributed by atoms with Crippen LogP contribution in [0.2, 0.25) is 0 Å². The molecule has 16 heavy (non-hydrogen) atoms. The number of hydrogen-bond acceptors (Lipinski definition) is 4. The average molecular weight is 242 g/mol. The molecule has 90 valence electrons. The number of aryl methyl sites for hydroxylation is 1. The minimum atomic E-state index is -0.886. The van der Waals surface area contributed by atoms with Crippen LogP contribution in [0.25, 0.3) is 0 Å². The third-order valence-corrected chi connectivity index (χ3v) is 3.66. The molecule has 0 aliphatic carbocycles. The summed E-state index contributed by atoms with van der Waals surface area (Å²) < 4.78 is 0. The summed E-state index contributed by atoms with van der Waals surface area (Å²) in [5, 5.41) is 9.72. The number of carbonyl (C=O) groups is 1. The number of rotatable bonds is 6. The number of thiazole rings is 1. The van der Waals surface area contributed by atoms with Crippen LogP contribution in [0.1, 0.15) is 41.6 Å². The van der Waals surface area contributed by atoms with Gasteiger partial charge in [-0.2, -0.15) is 0 Å². The molecular formula is C11H18N2O2S. The predicted octanol–water partition coefficient (Wildman–Crippen LogP) is 2.78. The van der Waals surface area contributed by atoms with Crippen LogP contribution >= 0.6 is 11.3 Å². The van der Waals surface area contributed by atoms with Crippen molar-refractivity contribution in [3.05, 3.63) is 10.6 Å². The van der Waals surface area contributed by atoms with Gasteiger partial charge in [-0.15, -0.1) is 0 Å². The summed E-state index contributed by atoms with van der Waals surface area (Å²) in [5.41, 5.74) is 0.606. The van der Waals surface area contributed by atoms with Gasteiger partial charge in [0.1, 0.15) is 4.88 Å². The Morgan fingerprint density at radius 1 is 1.50 bits per heavy atom. The fourth-order valence-corrected chi connectivity index (χ4v) is 2.33. The van der Waals surface area contributed by atoms with Crippen LogP contribution in [0, 0.1) is 6.92 Å². The van der Waals surface area contributed by atoms with Crippen LogP contribution in [0.15, 0.2) is 0 Å². The van der Waals surface area contributed by atoms with Crippen LogP contribution in [0.3, 0.4) is 0 Å². The molecule has 0 saturated carbocycles. The Kier molecular flexibility index (Phi) is 4.73. The maximum absolute atomic E-state index is 10.9. The highest BCUT2D eigenvalue weighted by molar-refractivity contribution is 7.17. The van der Waals surface area contributed by atoms with E-state index in [4.69, 9.17) is 5.11 Å². The SMILES string of the molecule is CCCCCN(C)c1nc(C)c(C(=O)O)s1. The Bertz CT molecular complexity index is 363. The van der Waals surface area contributed by atoms with Crippen LogP contribution in [0.5, 0.6) is 0 Å². The van der Waals surface area contributed by atoms with Gasteiger partial charge < -0.3 is 10.0 Å². The van der Waals surface area contributed by atoms with Crippen molar-refractivity contribution >= 4 is 22.4 Å². The number of nitrogens with zero attached hydrogens (tertiary/aromatic N) is 2. The summed E-state index contributed by atoms with van der Waals surface area (Å²) >= 11 is 1.25. The lowest BCUT2D eigenvalue weighted by atomic mass is 10.2. The first-order valence-electron chi connectivity index (χ1n) is 5.48. The molecule has 0 saturated heterocycles. The zero-order valence-electron chi connectivity index (χ0n) is 9.99. The van der Waals surface area contributed by atoms with Gasteiger partial charge in [0.2, 0.25) is 0 Å². The van der Waals surface area contributed by atoms with Crippen molar-refractivity contribution in [3.63, 3.8) is 0 Å². The van der Waals surface area contributed by atoms with E-state index in [1.54, 1.807) is 6.92 Å². The molecule has 0 radical (unpaired) electrons. The number of unbranched alkanes of at least 4 members (excludes halogenated alkanes) is 2. The number of aromatic carboxylic acids is 1. The third kappa shape index (κ3) is 3.20. The molecule has 0 aliphatic heterocycles. The smallest absolute Gasteiger partial charge is 0.347 e. The summed E-state index contributed by atoms with van der Waals surface area (Å²) in [7, 11) is 1.96. The molecule has 5 heteroatoms. The van der Waals surface area contributed by atoms with E-state index in [-0.39, 0.29) is 0 Å². The highest BCUT2D eigenvalue weighted by atomic mass is 32.1. The molecule has 1 aromatic heterocycles. The van der Waals surface area contributed by atoms with Gasteiger partial charge in [0.15, 0.2) is 5.13 Å². The number of hydrogen-bond donors (Lipinski definition) is 1. The van der Waals surface area contributed by atoms with Gasteiger partial charge in [0.25, 0.3) is 0 Å². The van der Waals surface area contributed by atoms with E-state index in [9.17, 15) is 4.79 Å². The van der Waals surface area contributed by atoms with Gasteiger partial charge in [-0.05, 0) is 13.3 Å². The van der Waals surface area contributed by atoms with E-state index in [0.717, 1.165) is 18.1 Å². The standard InChI is InChI=1S/C11H18N2O2S/c1-4-5-6-7-13(3)11-12-8(2)9(16-11)10(14)15/h4-7H2,1-3H3,(H,14,15). The molecule has 4 nitrogen and oxygen atoms in total. The summed E-state index contributed by atoms with van der Waals surface area (Å²) in [6, 6.07) is 0. The number of aromatic nitrogens is 1. The Morgan fingerprint density at radius 2 is 2.19 bits per heavy atom. The molecule has 0 aromatic carbocycles. The second kappa shape index (κ2) is 5.84. The predicted molar refractivity (Wildman–Crippen MR) is 66.6 cm³/mol. The van der Waals surface area contributed by atoms with Crippen molar-refractivity contribution in [2.45, 2.75) is 33.1 Å². The maximum Gasteiger partial charge on any atom is 0.347 e. The topological polar surface area (TPSA) is 53.4 Å². The molecule has 0 bridgehead atoms. The molecule has 0 spiro atoms. The van der Waals surface area contributed by atoms with Crippen molar-refractivity contribution in [2.75, 3.05) is 18.5 Å². The molecule has 0 unspecified atom stereocenters. The van der Waals surface area contributed by atoms with Crippen LogP contribution < -0.4 is 4.90 Å². The van der Waals surface area contributed by atoms with Crippen molar-refractivity contribution < 1.29 is 9.90 Å². The van der Waals surface area contributed by atoms with Crippen LogP contribution in [0.4, 0.5) is 5.13 Å². The average Bonchev–Trinajstić information content (AvgIpc) is 2.60. The largest absolute Gasteiger partial charge is 0.477 e. The number of carboxylic acid groups (broad SMARTS) is 1. The van der Waals surface area contributed by atoms with E-state index in [1.165, 1.54) is 24.2 Å². The fraction of sp³-hybridized carbons (Fsp3) is 0.636. The van der Waals surface area contributed by atoms with Gasteiger partial charge in [0, 0.05) is 13.6 Å². The van der Waals surface area contributed by atoms with E-state index in [0.29, 0.717) is 10.6 Å². The molecular weight excluding hydrogens is 224 g/mol. The second-order valence-electron chi connectivity index (χ2n) is 3.84. The molecule has 1 N–H and O–H groups in total. The van der Waals surface area contributed by atoms with Crippen molar-refractivity contribution in [2.24, 2.45) is 0 Å². The highest BCUT2D eigenvalue weighted by Gasteiger charge is 2.15. The molecule has 0 aliphatic rings. The van der Waals surface area contributed by atoms with Gasteiger partial charge in [-0.1, -0.05) is 31.1 Å². The molecule has 1 heterocycles. The molecule has 0 atom stereocenters. The van der Waals surface area contributed by atoms with E-state index < -0.39 is 5.97 Å². The first-order chi connectivity index (χ1) is 7.56. The van der Waals surface area contributed by atoms with E-state index >= 15 is 0 Å². The number of anilines is 1. The summed E-state index contributed by atoms with van der Waals surface area (Å²) in [4.78, 5) is 17.5. The van der Waals surface area contributed by atoms with Gasteiger partial charge in [0.05, 0.1) is 5.69 Å². The maximum atomic E-state index is 10.9. The van der Waals surface area contributed by atoms with Crippen molar-refractivity contribution in [1.82, 2.24) is 4.98 Å². The zero-order chi connectivity index (χ0) is 12.1. The normalized spacial score (nSPS) is 10.4. The zero-order valence-corrected chi connectivity index (χ0v) is 10.8. The van der Waals surface area contributed by atoms with Gasteiger partial charge in [-0.3, -0.25) is 0 Å². The Balaban J connectivity index is 2.65. The summed E-state index contributed by atoms with van der Waals surface area (Å²) in [6.07, 6.45) is 3.50. The summed E-state index contributed by atoms with van der Waals surface area (Å²) in [5.74, 6) is -0.886. The Hall–Kier alpha value is -1.10. The molecule has 0 fully saturated rings. The lowest BCUT2D eigenvalue weighted by Crippen LogP contribution is -2.18. The lowest BCUT2D eigenvalue weighted by molar-refractivity contribution is 0.0701. The fourth-order valence-electron chi connectivity index (χ4n) is 1.44. The van der Waals surface area contributed by atoms with Gasteiger partial charge >= 0.3 is 5.97 Å². The Morgan fingerprint density at radius 3 is 2.69 bits per heavy atom. The molecule has 0 amide bonds. The third-order valence-electron chi connectivity index (χ3n) is 2.40. The van der Waals surface area contributed by atoms with E-state index in [2.05, 4.69) is 11.9 Å².